The Hall–Kier alpha value is -2.63. The van der Waals surface area contributed by atoms with Crippen LogP contribution >= 0.6 is 0 Å². The Balaban J connectivity index is 2.02. The fourth-order valence-corrected chi connectivity index (χ4v) is 1.84. The number of hydrogen-bond acceptors (Lipinski definition) is 5. The van der Waals surface area contributed by atoms with Crippen LogP contribution in [-0.4, -0.2) is 19.9 Å². The highest BCUT2D eigenvalue weighted by Crippen LogP contribution is 2.24. The van der Waals surface area contributed by atoms with E-state index in [2.05, 4.69) is 15.2 Å². The van der Waals surface area contributed by atoms with E-state index in [0.717, 1.165) is 16.8 Å². The molecule has 2 aromatic heterocycles. The van der Waals surface area contributed by atoms with Crippen molar-refractivity contribution in [2.75, 3.05) is 5.73 Å². The lowest BCUT2D eigenvalue weighted by Crippen LogP contribution is -1.92. The smallest absolute Gasteiger partial charge is 0.261 e. The van der Waals surface area contributed by atoms with Gasteiger partial charge < -0.3 is 10.3 Å². The summed E-state index contributed by atoms with van der Waals surface area (Å²) in [6, 6.07) is 7.37. The molecule has 0 atom stereocenters. The lowest BCUT2D eigenvalue weighted by molar-refractivity contribution is 0.432. The number of nitrogens with zero attached hydrogens (tertiary/aromatic N) is 4. The molecular formula is C13H13N5O. The number of anilines is 1. The van der Waals surface area contributed by atoms with Crippen LogP contribution in [0.25, 0.3) is 22.8 Å². The van der Waals surface area contributed by atoms with Gasteiger partial charge in [-0.15, -0.1) is 0 Å². The van der Waals surface area contributed by atoms with Crippen molar-refractivity contribution >= 4 is 5.69 Å². The van der Waals surface area contributed by atoms with Gasteiger partial charge in [-0.1, -0.05) is 17.3 Å². The summed E-state index contributed by atoms with van der Waals surface area (Å²) in [6.45, 7) is 1.95. The minimum atomic E-state index is 0.461. The molecule has 0 saturated heterocycles. The summed E-state index contributed by atoms with van der Waals surface area (Å²) < 4.78 is 7.05. The van der Waals surface area contributed by atoms with Crippen LogP contribution in [0.15, 0.2) is 35.0 Å². The van der Waals surface area contributed by atoms with E-state index in [1.54, 1.807) is 10.9 Å². The fourth-order valence-electron chi connectivity index (χ4n) is 1.84. The molecular weight excluding hydrogens is 242 g/mol. The number of nitrogen functional groups attached to an aromatic ring is 1. The monoisotopic (exact) mass is 255 g/mol. The number of rotatable bonds is 2. The molecule has 3 aromatic rings. The van der Waals surface area contributed by atoms with Gasteiger partial charge in [0.1, 0.15) is 0 Å². The average molecular weight is 255 g/mol. The van der Waals surface area contributed by atoms with Crippen LogP contribution in [0.5, 0.6) is 0 Å². The normalized spacial score (nSPS) is 10.8. The molecule has 0 fully saturated rings. The second kappa shape index (κ2) is 4.24. The minimum absolute atomic E-state index is 0.461. The molecule has 0 unspecified atom stereocenters. The fraction of sp³-hybridized carbons (Fsp3) is 0.154. The molecule has 2 heterocycles. The molecule has 0 saturated carbocycles. The number of aromatic nitrogens is 4. The van der Waals surface area contributed by atoms with Crippen molar-refractivity contribution < 1.29 is 4.52 Å². The van der Waals surface area contributed by atoms with Crippen molar-refractivity contribution in [1.29, 1.82) is 0 Å². The van der Waals surface area contributed by atoms with E-state index in [0.29, 0.717) is 17.4 Å². The topological polar surface area (TPSA) is 82.8 Å². The van der Waals surface area contributed by atoms with Crippen molar-refractivity contribution in [3.05, 3.63) is 36.2 Å². The van der Waals surface area contributed by atoms with E-state index < -0.39 is 0 Å². The van der Waals surface area contributed by atoms with Gasteiger partial charge in [0.05, 0.1) is 11.8 Å². The molecule has 2 N–H and O–H groups in total. The molecule has 6 heteroatoms. The van der Waals surface area contributed by atoms with Crippen molar-refractivity contribution in [1.82, 2.24) is 19.9 Å². The van der Waals surface area contributed by atoms with Gasteiger partial charge in [-0.2, -0.15) is 10.1 Å². The molecule has 1 aromatic carbocycles. The summed E-state index contributed by atoms with van der Waals surface area (Å²) in [4.78, 5) is 4.38. The molecule has 6 nitrogen and oxygen atoms in total. The summed E-state index contributed by atoms with van der Waals surface area (Å²) >= 11 is 0. The maximum Gasteiger partial charge on any atom is 0.261 e. The number of hydrogen-bond donors (Lipinski definition) is 1. The predicted octanol–water partition coefficient (Wildman–Crippen LogP) is 2.03. The van der Waals surface area contributed by atoms with E-state index in [9.17, 15) is 0 Å². The molecule has 0 amide bonds. The van der Waals surface area contributed by atoms with Gasteiger partial charge in [-0.05, 0) is 19.1 Å². The molecule has 0 aliphatic heterocycles. The lowest BCUT2D eigenvalue weighted by atomic mass is 10.2. The maximum atomic E-state index is 5.74. The van der Waals surface area contributed by atoms with Gasteiger partial charge in [0, 0.05) is 24.0 Å². The highest BCUT2D eigenvalue weighted by atomic mass is 16.5. The first-order valence-corrected chi connectivity index (χ1v) is 5.84. The van der Waals surface area contributed by atoms with Crippen LogP contribution in [0.3, 0.4) is 0 Å². The molecule has 0 aliphatic rings. The first kappa shape index (κ1) is 11.5. The summed E-state index contributed by atoms with van der Waals surface area (Å²) in [6.07, 6.45) is 1.71. The quantitative estimate of drug-likeness (QED) is 0.708. The van der Waals surface area contributed by atoms with Gasteiger partial charge in [0.15, 0.2) is 0 Å². The summed E-state index contributed by atoms with van der Waals surface area (Å²) in [5.41, 5.74) is 9.05. The third kappa shape index (κ3) is 1.97. The minimum Gasteiger partial charge on any atom is -0.399 e. The van der Waals surface area contributed by atoms with Crippen molar-refractivity contribution in [3.63, 3.8) is 0 Å². The van der Waals surface area contributed by atoms with Crippen molar-refractivity contribution in [3.8, 4) is 22.8 Å². The van der Waals surface area contributed by atoms with E-state index in [4.69, 9.17) is 10.3 Å². The Morgan fingerprint density at radius 2 is 2.16 bits per heavy atom. The first-order valence-electron chi connectivity index (χ1n) is 5.84. The van der Waals surface area contributed by atoms with E-state index in [1.165, 1.54) is 0 Å². The SMILES string of the molecule is Cc1c(-c2nc(-c3cccc(N)c3)no2)cnn1C. The zero-order chi connectivity index (χ0) is 13.4. The van der Waals surface area contributed by atoms with Crippen LogP contribution in [0, 0.1) is 6.92 Å². The molecule has 96 valence electrons. The summed E-state index contributed by atoms with van der Waals surface area (Å²) in [5, 5.41) is 8.13. The molecule has 0 aliphatic carbocycles. The molecule has 0 radical (unpaired) electrons. The van der Waals surface area contributed by atoms with Crippen molar-refractivity contribution in [2.45, 2.75) is 6.92 Å². The Labute approximate surface area is 109 Å². The zero-order valence-corrected chi connectivity index (χ0v) is 10.7. The van der Waals surface area contributed by atoms with Gasteiger partial charge in [0.25, 0.3) is 5.89 Å². The predicted molar refractivity (Wildman–Crippen MR) is 71.1 cm³/mol. The third-order valence-corrected chi connectivity index (χ3v) is 3.04. The van der Waals surface area contributed by atoms with E-state index in [-0.39, 0.29) is 0 Å². The Morgan fingerprint density at radius 3 is 2.84 bits per heavy atom. The van der Waals surface area contributed by atoms with Crippen LogP contribution in [0.1, 0.15) is 5.69 Å². The molecule has 19 heavy (non-hydrogen) atoms. The number of nitrogens with two attached hydrogens (primary N) is 1. The Kier molecular flexibility index (Phi) is 2.56. The van der Waals surface area contributed by atoms with Crippen LogP contribution < -0.4 is 5.73 Å². The highest BCUT2D eigenvalue weighted by molar-refractivity contribution is 5.63. The Morgan fingerprint density at radius 1 is 1.32 bits per heavy atom. The van der Waals surface area contributed by atoms with Gasteiger partial charge >= 0.3 is 0 Å². The third-order valence-electron chi connectivity index (χ3n) is 3.04. The first-order chi connectivity index (χ1) is 9.15. The van der Waals surface area contributed by atoms with Gasteiger partial charge in [0.2, 0.25) is 5.82 Å². The Bertz CT molecular complexity index is 728. The lowest BCUT2D eigenvalue weighted by Gasteiger charge is -1.95. The highest BCUT2D eigenvalue weighted by Gasteiger charge is 2.15. The van der Waals surface area contributed by atoms with E-state index in [1.807, 2.05) is 38.2 Å². The summed E-state index contributed by atoms with van der Waals surface area (Å²) in [7, 11) is 1.87. The second-order valence-corrected chi connectivity index (χ2v) is 4.32. The van der Waals surface area contributed by atoms with Gasteiger partial charge in [-0.3, -0.25) is 4.68 Å². The van der Waals surface area contributed by atoms with Crippen LogP contribution in [-0.2, 0) is 7.05 Å². The maximum absolute atomic E-state index is 5.74. The van der Waals surface area contributed by atoms with E-state index >= 15 is 0 Å². The van der Waals surface area contributed by atoms with Gasteiger partial charge in [-0.25, -0.2) is 0 Å². The standard InChI is InChI=1S/C13H13N5O/c1-8-11(7-15-18(8)2)13-16-12(17-19-13)9-4-3-5-10(14)6-9/h3-7H,14H2,1-2H3. The molecule has 0 spiro atoms. The summed E-state index contributed by atoms with van der Waals surface area (Å²) in [5.74, 6) is 0.980. The second-order valence-electron chi connectivity index (χ2n) is 4.32. The number of benzene rings is 1. The zero-order valence-electron chi connectivity index (χ0n) is 10.7. The molecule has 0 bridgehead atoms. The number of aryl methyl sites for hydroxylation is 1. The molecule has 3 rings (SSSR count). The van der Waals surface area contributed by atoms with Crippen LogP contribution in [0.2, 0.25) is 0 Å². The average Bonchev–Trinajstić information content (AvgIpc) is 2.98. The van der Waals surface area contributed by atoms with Crippen LogP contribution in [0.4, 0.5) is 5.69 Å². The van der Waals surface area contributed by atoms with Crippen molar-refractivity contribution in [2.24, 2.45) is 7.05 Å². The largest absolute Gasteiger partial charge is 0.399 e.